The van der Waals surface area contributed by atoms with Crippen LogP contribution in [-0.4, -0.2) is 10.7 Å². The van der Waals surface area contributed by atoms with Gasteiger partial charge in [0, 0.05) is 38.9 Å². The highest BCUT2D eigenvalue weighted by Gasteiger charge is 2.27. The number of para-hydroxylation sites is 2. The number of allylic oxidation sites excluding steroid dienone is 7. The van der Waals surface area contributed by atoms with Crippen molar-refractivity contribution in [2.45, 2.75) is 19.3 Å². The van der Waals surface area contributed by atoms with E-state index in [-0.39, 0.29) is 0 Å². The fraction of sp³-hybridized carbons (Fsp3) is 0.0851. The highest BCUT2D eigenvalue weighted by Crippen LogP contribution is 2.42. The SMILES string of the molecule is C1=C\CC[C@H]2Cc3c(-c4ccc(-c5ccc(C6=c7\cccc\c7=N\C(c7ccccc7)=C\C=C\6)cc5)cc4)nc4ccccc4c3N=C2\C=C/1. The van der Waals surface area contributed by atoms with Crippen molar-refractivity contribution >= 4 is 33.6 Å². The molecule has 0 saturated heterocycles. The summed E-state index contributed by atoms with van der Waals surface area (Å²) in [6, 6.07) is 44.9. The lowest BCUT2D eigenvalue weighted by atomic mass is 9.83. The van der Waals surface area contributed by atoms with Crippen molar-refractivity contribution in [3.8, 4) is 22.4 Å². The Labute approximate surface area is 292 Å². The topological polar surface area (TPSA) is 37.6 Å². The lowest BCUT2D eigenvalue weighted by Gasteiger charge is -2.26. The monoisotopic (exact) mass is 641 g/mol. The lowest BCUT2D eigenvalue weighted by molar-refractivity contribution is 0.624. The van der Waals surface area contributed by atoms with Gasteiger partial charge >= 0.3 is 0 Å². The Kier molecular flexibility index (Phi) is 7.79. The van der Waals surface area contributed by atoms with Crippen LogP contribution >= 0.6 is 0 Å². The van der Waals surface area contributed by atoms with Crippen molar-refractivity contribution in [3.05, 3.63) is 197 Å². The molecule has 3 heterocycles. The zero-order valence-corrected chi connectivity index (χ0v) is 27.7. The van der Waals surface area contributed by atoms with Crippen molar-refractivity contribution in [3.63, 3.8) is 0 Å². The maximum atomic E-state index is 5.28. The van der Waals surface area contributed by atoms with Crippen LogP contribution in [-0.2, 0) is 6.42 Å². The molecule has 0 fully saturated rings. The molecule has 238 valence electrons. The molecular weight excluding hydrogens is 607 g/mol. The molecule has 3 heteroatoms. The van der Waals surface area contributed by atoms with Crippen molar-refractivity contribution < 1.29 is 0 Å². The lowest BCUT2D eigenvalue weighted by Crippen LogP contribution is -2.27. The summed E-state index contributed by atoms with van der Waals surface area (Å²) in [4.78, 5) is 15.6. The zero-order valence-electron chi connectivity index (χ0n) is 27.7. The van der Waals surface area contributed by atoms with Crippen molar-refractivity contribution in [2.24, 2.45) is 15.9 Å². The third kappa shape index (κ3) is 5.67. The molecule has 1 aliphatic carbocycles. The summed E-state index contributed by atoms with van der Waals surface area (Å²) in [5.74, 6) is 0.399. The number of rotatable bonds is 4. The number of pyridine rings is 1. The molecule has 50 heavy (non-hydrogen) atoms. The largest absolute Gasteiger partial charge is 0.252 e. The van der Waals surface area contributed by atoms with Gasteiger partial charge in [-0.15, -0.1) is 0 Å². The molecule has 6 aromatic rings. The predicted octanol–water partition coefficient (Wildman–Crippen LogP) is 10.1. The molecule has 0 amide bonds. The molecule has 5 aromatic carbocycles. The number of hydrogen-bond donors (Lipinski definition) is 0. The fourth-order valence-corrected chi connectivity index (χ4v) is 7.39. The zero-order chi connectivity index (χ0) is 33.3. The van der Waals surface area contributed by atoms with Crippen LogP contribution < -0.4 is 10.6 Å². The number of fused-ring (bicyclic) bond motifs is 5. The van der Waals surface area contributed by atoms with E-state index >= 15 is 0 Å². The van der Waals surface area contributed by atoms with E-state index in [9.17, 15) is 0 Å². The number of benzene rings is 5. The molecule has 0 radical (unpaired) electrons. The van der Waals surface area contributed by atoms with Gasteiger partial charge in [0.25, 0.3) is 0 Å². The predicted molar refractivity (Wildman–Crippen MR) is 208 cm³/mol. The first-order chi connectivity index (χ1) is 24.8. The summed E-state index contributed by atoms with van der Waals surface area (Å²) in [5.41, 5.74) is 13.4. The van der Waals surface area contributed by atoms with Gasteiger partial charge < -0.3 is 0 Å². The van der Waals surface area contributed by atoms with Crippen LogP contribution in [0.4, 0.5) is 5.69 Å². The smallest absolute Gasteiger partial charge is 0.0781 e. The average molecular weight is 642 g/mol. The Hall–Kier alpha value is -6.19. The molecule has 3 nitrogen and oxygen atoms in total. The van der Waals surface area contributed by atoms with Gasteiger partial charge in [-0.1, -0.05) is 146 Å². The highest BCUT2D eigenvalue weighted by molar-refractivity contribution is 6.06. The van der Waals surface area contributed by atoms with Gasteiger partial charge in [-0.3, -0.25) is 4.99 Å². The second kappa shape index (κ2) is 13.0. The second-order valence-electron chi connectivity index (χ2n) is 13.1. The average Bonchev–Trinajstić information content (AvgIpc) is 3.15. The minimum Gasteiger partial charge on any atom is -0.252 e. The Morgan fingerprint density at radius 2 is 1.28 bits per heavy atom. The van der Waals surface area contributed by atoms with Gasteiger partial charge in [0.15, 0.2) is 0 Å². The minimum atomic E-state index is 0.399. The molecule has 3 aliphatic rings. The van der Waals surface area contributed by atoms with Gasteiger partial charge in [-0.2, -0.15) is 0 Å². The van der Waals surface area contributed by atoms with Crippen molar-refractivity contribution in [1.29, 1.82) is 0 Å². The molecule has 0 bridgehead atoms. The molecule has 0 spiro atoms. The van der Waals surface area contributed by atoms with E-state index in [4.69, 9.17) is 15.0 Å². The van der Waals surface area contributed by atoms with Crippen molar-refractivity contribution in [2.75, 3.05) is 0 Å². The molecule has 1 aromatic heterocycles. The highest BCUT2D eigenvalue weighted by atomic mass is 14.8. The normalized spacial score (nSPS) is 21.2. The van der Waals surface area contributed by atoms with E-state index in [1.54, 1.807) is 0 Å². The van der Waals surface area contributed by atoms with Crippen LogP contribution in [0, 0.1) is 5.92 Å². The first kappa shape index (κ1) is 29.9. The van der Waals surface area contributed by atoms with E-state index in [0.717, 1.165) is 80.1 Å². The van der Waals surface area contributed by atoms with E-state index in [1.807, 2.05) is 6.07 Å². The molecule has 1 atom stereocenters. The summed E-state index contributed by atoms with van der Waals surface area (Å²) in [6.45, 7) is 0. The van der Waals surface area contributed by atoms with Crippen LogP contribution in [0.5, 0.6) is 0 Å². The maximum Gasteiger partial charge on any atom is 0.0781 e. The van der Waals surface area contributed by atoms with Crippen LogP contribution in [0.1, 0.15) is 29.5 Å². The number of aromatic nitrogens is 1. The fourth-order valence-electron chi connectivity index (χ4n) is 7.39. The molecule has 9 rings (SSSR count). The molecule has 0 unspecified atom stereocenters. The molecular formula is C47H35N3. The number of hydrogen-bond acceptors (Lipinski definition) is 3. The Morgan fingerprint density at radius 3 is 2.12 bits per heavy atom. The number of aliphatic imine (C=N–C) groups is 1. The first-order valence-electron chi connectivity index (χ1n) is 17.4. The molecule has 2 aliphatic heterocycles. The summed E-state index contributed by atoms with van der Waals surface area (Å²) in [7, 11) is 0. The van der Waals surface area contributed by atoms with Crippen LogP contribution in [0.15, 0.2) is 180 Å². The quantitative estimate of drug-likeness (QED) is 0.189. The van der Waals surface area contributed by atoms with E-state index in [1.165, 1.54) is 22.4 Å². The second-order valence-corrected chi connectivity index (χ2v) is 13.1. The van der Waals surface area contributed by atoms with Crippen LogP contribution in [0.25, 0.3) is 44.6 Å². The van der Waals surface area contributed by atoms with Crippen molar-refractivity contribution in [1.82, 2.24) is 4.98 Å². The Morgan fingerprint density at radius 1 is 0.560 bits per heavy atom. The van der Waals surface area contributed by atoms with Gasteiger partial charge in [0.1, 0.15) is 0 Å². The molecule has 0 N–H and O–H groups in total. The van der Waals surface area contributed by atoms with Gasteiger partial charge in [-0.05, 0) is 65.8 Å². The van der Waals surface area contributed by atoms with Gasteiger partial charge in [0.05, 0.1) is 28.0 Å². The summed E-state index contributed by atoms with van der Waals surface area (Å²) >= 11 is 0. The Balaban J connectivity index is 1.06. The standard InChI is InChI=1S/C47H35N3/c1-2-7-19-43-37(15-4-1)31-41-46(50-45-21-11-9-17-40(45)47(41)49-43)36-29-25-33(26-30-36)32-23-27-34(28-24-32)38-18-12-22-42(35-13-5-3-6-14-35)48-44-20-10-8-16-39(38)44/h1-3,5-14,16-30,37H,4,15,31H2/b2-1-,18-12+,19-7-,22-12?,38-18?,39-38+,42-22+,48-42?,48-44-/t37-/m0/s1. The third-order valence-corrected chi connectivity index (χ3v) is 9.98. The minimum absolute atomic E-state index is 0.399. The summed E-state index contributed by atoms with van der Waals surface area (Å²) in [5, 5.41) is 3.22. The Bertz CT molecular complexity index is 2530. The van der Waals surface area contributed by atoms with E-state index in [2.05, 4.69) is 164 Å². The van der Waals surface area contributed by atoms with Gasteiger partial charge in [-0.25, -0.2) is 9.98 Å². The summed E-state index contributed by atoms with van der Waals surface area (Å²) < 4.78 is 0. The summed E-state index contributed by atoms with van der Waals surface area (Å²) in [6.07, 6.45) is 18.3. The van der Waals surface area contributed by atoms with Gasteiger partial charge in [0.2, 0.25) is 0 Å². The van der Waals surface area contributed by atoms with E-state index < -0.39 is 0 Å². The van der Waals surface area contributed by atoms with Crippen LogP contribution in [0.2, 0.25) is 0 Å². The number of nitrogens with zero attached hydrogens (tertiary/aromatic N) is 3. The third-order valence-electron chi connectivity index (χ3n) is 9.98. The first-order valence-corrected chi connectivity index (χ1v) is 17.4. The van der Waals surface area contributed by atoms with E-state index in [0.29, 0.717) is 5.92 Å². The molecule has 0 saturated carbocycles. The maximum absolute atomic E-state index is 5.28. The van der Waals surface area contributed by atoms with Crippen LogP contribution in [0.3, 0.4) is 0 Å².